The lowest BCUT2D eigenvalue weighted by atomic mass is 10.1. The van der Waals surface area contributed by atoms with E-state index in [-0.39, 0.29) is 0 Å². The summed E-state index contributed by atoms with van der Waals surface area (Å²) in [5.74, 6) is 0. The predicted octanol–water partition coefficient (Wildman–Crippen LogP) is 1.07. The van der Waals surface area contributed by atoms with Crippen LogP contribution < -0.4 is 5.32 Å². The van der Waals surface area contributed by atoms with Gasteiger partial charge in [-0.05, 0) is 31.6 Å². The van der Waals surface area contributed by atoms with Crippen LogP contribution in [-0.4, -0.2) is 33.4 Å². The molecule has 0 radical (unpaired) electrons. The average Bonchev–Trinajstić information content (AvgIpc) is 2.81. The molecule has 4 nitrogen and oxygen atoms in total. The van der Waals surface area contributed by atoms with Gasteiger partial charge in [-0.2, -0.15) is 0 Å². The Morgan fingerprint density at radius 3 is 3.06 bits per heavy atom. The summed E-state index contributed by atoms with van der Waals surface area (Å²) in [6.45, 7) is 3.58. The Balaban J connectivity index is 2.30. The summed E-state index contributed by atoms with van der Waals surface area (Å²) in [6, 6.07) is 7.78. The first-order valence-electron chi connectivity index (χ1n) is 6.46. The number of nitrogens with one attached hydrogen (secondary N) is 1. The van der Waals surface area contributed by atoms with E-state index in [0.717, 1.165) is 17.6 Å². The third kappa shape index (κ3) is 2.63. The minimum Gasteiger partial charge on any atom is -0.361 e. The summed E-state index contributed by atoms with van der Waals surface area (Å²) in [6.07, 6.45) is 1.86. The highest BCUT2D eigenvalue weighted by Gasteiger charge is 2.11. The first kappa shape index (κ1) is 13.3. The van der Waals surface area contributed by atoms with E-state index < -0.39 is 0 Å². The van der Waals surface area contributed by atoms with Crippen LogP contribution in [0.4, 0.5) is 0 Å². The number of aromatic nitrogens is 2. The van der Waals surface area contributed by atoms with Crippen molar-refractivity contribution in [1.82, 2.24) is 14.9 Å². The van der Waals surface area contributed by atoms with Gasteiger partial charge in [-0.3, -0.25) is 0 Å². The molecule has 0 bridgehead atoms. The second kappa shape index (κ2) is 6.13. The molecule has 98 valence electrons. The maximum atomic E-state index is 5.60. The van der Waals surface area contributed by atoms with Gasteiger partial charge in [-0.25, -0.2) is 4.98 Å². The maximum Gasteiger partial charge on any atom is 0.124 e. The molecular formula is C13H21N3OSi. The van der Waals surface area contributed by atoms with Gasteiger partial charge >= 0.3 is 0 Å². The first-order chi connectivity index (χ1) is 8.77. The number of nitrogens with zero attached hydrogens (tertiary/aromatic N) is 2. The molecule has 2 rings (SSSR count). The molecule has 0 saturated heterocycles. The van der Waals surface area contributed by atoms with E-state index in [4.69, 9.17) is 4.74 Å². The van der Waals surface area contributed by atoms with Crippen molar-refractivity contribution in [2.75, 3.05) is 13.7 Å². The smallest absolute Gasteiger partial charge is 0.124 e. The van der Waals surface area contributed by atoms with Crippen molar-refractivity contribution in [3.8, 4) is 0 Å². The zero-order chi connectivity index (χ0) is 13.0. The highest BCUT2D eigenvalue weighted by atomic mass is 28.1. The molecule has 1 atom stereocenters. The normalized spacial score (nSPS) is 13.2. The summed E-state index contributed by atoms with van der Waals surface area (Å²) in [5.41, 5.74) is 3.44. The van der Waals surface area contributed by atoms with Gasteiger partial charge in [-0.15, -0.1) is 0 Å². The number of rotatable bonds is 6. The lowest BCUT2D eigenvalue weighted by Gasteiger charge is -2.11. The zero-order valence-corrected chi connectivity index (χ0v) is 13.3. The number of hydrogen-bond acceptors (Lipinski definition) is 3. The van der Waals surface area contributed by atoms with Gasteiger partial charge in [0.2, 0.25) is 0 Å². The van der Waals surface area contributed by atoms with Crippen molar-refractivity contribution in [2.45, 2.75) is 25.7 Å². The number of benzene rings is 1. The van der Waals surface area contributed by atoms with Crippen LogP contribution in [0.2, 0.25) is 6.04 Å². The molecule has 2 aromatic rings. The van der Waals surface area contributed by atoms with E-state index in [1.165, 1.54) is 21.9 Å². The van der Waals surface area contributed by atoms with Crippen LogP contribution in [0.1, 0.15) is 18.5 Å². The maximum absolute atomic E-state index is 5.60. The highest BCUT2D eigenvalue weighted by Crippen LogP contribution is 2.22. The SMILES string of the molecule is CNC(C)c1cccc2c1ncn2COCC[SiH3]. The topological polar surface area (TPSA) is 39.1 Å². The number of ether oxygens (including phenoxy) is 1. The van der Waals surface area contributed by atoms with Gasteiger partial charge in [0, 0.05) is 22.9 Å². The molecule has 1 aromatic carbocycles. The van der Waals surface area contributed by atoms with Gasteiger partial charge < -0.3 is 14.6 Å². The Bertz CT molecular complexity index is 512. The molecule has 1 heterocycles. The molecule has 0 fully saturated rings. The van der Waals surface area contributed by atoms with E-state index in [1.807, 2.05) is 13.4 Å². The summed E-state index contributed by atoms with van der Waals surface area (Å²) in [5, 5.41) is 3.26. The van der Waals surface area contributed by atoms with Crippen LogP contribution in [0.5, 0.6) is 0 Å². The zero-order valence-electron chi connectivity index (χ0n) is 11.3. The molecule has 18 heavy (non-hydrogen) atoms. The second-order valence-corrected chi connectivity index (χ2v) is 5.48. The molecule has 1 N–H and O–H groups in total. The quantitative estimate of drug-likeness (QED) is 0.626. The Hall–Kier alpha value is -1.17. The van der Waals surface area contributed by atoms with Gasteiger partial charge in [0.15, 0.2) is 0 Å². The van der Waals surface area contributed by atoms with Crippen molar-refractivity contribution >= 4 is 21.3 Å². The van der Waals surface area contributed by atoms with Crippen molar-refractivity contribution < 1.29 is 4.74 Å². The molecule has 0 saturated carbocycles. The first-order valence-corrected chi connectivity index (χ1v) is 7.88. The van der Waals surface area contributed by atoms with Crippen LogP contribution in [0.3, 0.4) is 0 Å². The molecule has 0 aliphatic carbocycles. The van der Waals surface area contributed by atoms with Crippen LogP contribution in [-0.2, 0) is 11.5 Å². The minimum atomic E-state index is 0.305. The lowest BCUT2D eigenvalue weighted by molar-refractivity contribution is 0.0907. The summed E-state index contributed by atoms with van der Waals surface area (Å²) >= 11 is 0. The Kier molecular flexibility index (Phi) is 4.52. The van der Waals surface area contributed by atoms with Gasteiger partial charge in [0.1, 0.15) is 6.73 Å². The number of para-hydroxylation sites is 1. The molecule has 1 aromatic heterocycles. The average molecular weight is 263 g/mol. The Morgan fingerprint density at radius 1 is 1.50 bits per heavy atom. The monoisotopic (exact) mass is 263 g/mol. The highest BCUT2D eigenvalue weighted by molar-refractivity contribution is 6.08. The molecule has 1 unspecified atom stereocenters. The van der Waals surface area contributed by atoms with Gasteiger partial charge in [0.05, 0.1) is 17.4 Å². The van der Waals surface area contributed by atoms with Crippen molar-refractivity contribution in [3.63, 3.8) is 0 Å². The fraction of sp³-hybridized carbons (Fsp3) is 0.462. The van der Waals surface area contributed by atoms with E-state index in [0.29, 0.717) is 12.8 Å². The fourth-order valence-corrected chi connectivity index (χ4v) is 2.31. The predicted molar refractivity (Wildman–Crippen MR) is 77.9 cm³/mol. The Labute approximate surface area is 111 Å². The van der Waals surface area contributed by atoms with Crippen molar-refractivity contribution in [1.29, 1.82) is 0 Å². The summed E-state index contributed by atoms with van der Waals surface area (Å²) < 4.78 is 7.67. The van der Waals surface area contributed by atoms with Crippen molar-refractivity contribution in [2.24, 2.45) is 0 Å². The lowest BCUT2D eigenvalue weighted by Crippen LogP contribution is -2.12. The largest absolute Gasteiger partial charge is 0.361 e. The molecule has 0 amide bonds. The number of fused-ring (bicyclic) bond motifs is 1. The number of hydrogen-bond donors (Lipinski definition) is 1. The van der Waals surface area contributed by atoms with Crippen LogP contribution in [0, 0.1) is 0 Å². The molecular weight excluding hydrogens is 242 g/mol. The standard InChI is InChI=1S/C13H21N3OSi/c1-10(14-2)11-4-3-5-12-13(11)15-8-16(12)9-17-6-7-18/h3-5,8,10,14H,6-7,9H2,1-2,18H3. The van der Waals surface area contributed by atoms with E-state index in [9.17, 15) is 0 Å². The molecule has 0 aliphatic heterocycles. The molecule has 0 aliphatic rings. The third-order valence-electron chi connectivity index (χ3n) is 3.16. The molecule has 0 spiro atoms. The van der Waals surface area contributed by atoms with Crippen LogP contribution >= 0.6 is 0 Å². The van der Waals surface area contributed by atoms with E-state index in [2.05, 4.69) is 40.0 Å². The molecule has 5 heteroatoms. The summed E-state index contributed by atoms with van der Waals surface area (Å²) in [4.78, 5) is 4.52. The third-order valence-corrected chi connectivity index (χ3v) is 3.57. The second-order valence-electron chi connectivity index (χ2n) is 4.48. The Morgan fingerprint density at radius 2 is 2.33 bits per heavy atom. The van der Waals surface area contributed by atoms with Gasteiger partial charge in [-0.1, -0.05) is 12.1 Å². The van der Waals surface area contributed by atoms with Crippen molar-refractivity contribution in [3.05, 3.63) is 30.1 Å². The van der Waals surface area contributed by atoms with E-state index in [1.54, 1.807) is 0 Å². The van der Waals surface area contributed by atoms with Gasteiger partial charge in [0.25, 0.3) is 0 Å². The van der Waals surface area contributed by atoms with Crippen LogP contribution in [0.15, 0.2) is 24.5 Å². The summed E-state index contributed by atoms with van der Waals surface area (Å²) in [7, 11) is 3.16. The fourth-order valence-electron chi connectivity index (χ4n) is 2.03. The van der Waals surface area contributed by atoms with E-state index >= 15 is 0 Å². The number of imidazole rings is 1. The minimum absolute atomic E-state index is 0.305. The van der Waals surface area contributed by atoms with Crippen LogP contribution in [0.25, 0.3) is 11.0 Å².